The molecule has 1 unspecified atom stereocenters. The maximum absolute atomic E-state index is 11.6. The van der Waals surface area contributed by atoms with Crippen LogP contribution in [0, 0.1) is 0 Å². The number of methoxy groups -OCH3 is 1. The average molecular weight is 169 g/mol. The van der Waals surface area contributed by atoms with Crippen molar-refractivity contribution in [3.8, 4) is 0 Å². The Morgan fingerprint density at radius 2 is 2.18 bits per heavy atom. The number of aliphatic hydroxyl groups is 1. The van der Waals surface area contributed by atoms with E-state index in [4.69, 9.17) is 5.11 Å². The number of hydrogen-bond donors (Lipinski definition) is 2. The van der Waals surface area contributed by atoms with Gasteiger partial charge in [0.15, 0.2) is 0 Å². The Labute approximate surface area is 64.4 Å². The van der Waals surface area contributed by atoms with Gasteiger partial charge >= 0.3 is 0 Å². The third kappa shape index (κ3) is 6.15. The van der Waals surface area contributed by atoms with Crippen LogP contribution in [0.3, 0.4) is 0 Å². The normalized spacial score (nSPS) is 13.9. The first-order valence-corrected chi connectivity index (χ1v) is 3.34. The van der Waals surface area contributed by atoms with Gasteiger partial charge in [0.25, 0.3) is 6.43 Å². The minimum absolute atomic E-state index is 0.0962. The molecule has 0 aliphatic rings. The molecule has 0 bridgehead atoms. The van der Waals surface area contributed by atoms with Crippen LogP contribution in [0.5, 0.6) is 0 Å². The van der Waals surface area contributed by atoms with Gasteiger partial charge in [0.05, 0.1) is 6.61 Å². The summed E-state index contributed by atoms with van der Waals surface area (Å²) >= 11 is 0. The van der Waals surface area contributed by atoms with Crippen LogP contribution in [0.2, 0.25) is 0 Å². The fraction of sp³-hybridized carbons (Fsp3) is 1.00. The minimum atomic E-state index is -2.68. The van der Waals surface area contributed by atoms with Gasteiger partial charge < -0.3 is 15.2 Å². The highest BCUT2D eigenvalue weighted by molar-refractivity contribution is 4.60. The van der Waals surface area contributed by atoms with E-state index in [-0.39, 0.29) is 6.54 Å². The first-order chi connectivity index (χ1) is 5.18. The van der Waals surface area contributed by atoms with E-state index in [2.05, 4.69) is 10.1 Å². The molecule has 0 aliphatic heterocycles. The van der Waals surface area contributed by atoms with Gasteiger partial charge in [-0.2, -0.15) is 0 Å². The number of nitrogens with one attached hydrogen (secondary N) is 1. The highest BCUT2D eigenvalue weighted by Crippen LogP contribution is 1.97. The van der Waals surface area contributed by atoms with Gasteiger partial charge in [-0.15, -0.1) is 0 Å². The summed E-state index contributed by atoms with van der Waals surface area (Å²) < 4.78 is 27.9. The van der Waals surface area contributed by atoms with E-state index in [1.807, 2.05) is 0 Å². The fourth-order valence-corrected chi connectivity index (χ4v) is 0.513. The van der Waals surface area contributed by atoms with Crippen LogP contribution in [-0.2, 0) is 4.74 Å². The van der Waals surface area contributed by atoms with Crippen molar-refractivity contribution >= 4 is 0 Å². The van der Waals surface area contributed by atoms with Crippen molar-refractivity contribution in [3.63, 3.8) is 0 Å². The van der Waals surface area contributed by atoms with Gasteiger partial charge in [0, 0.05) is 20.2 Å². The summed E-state index contributed by atoms with van der Waals surface area (Å²) in [5.41, 5.74) is 0. The molecule has 0 aromatic heterocycles. The smallest absolute Gasteiger partial charge is 0.265 e. The molecule has 0 radical (unpaired) electrons. The van der Waals surface area contributed by atoms with Gasteiger partial charge in [-0.25, -0.2) is 8.78 Å². The van der Waals surface area contributed by atoms with E-state index in [1.54, 1.807) is 0 Å². The lowest BCUT2D eigenvalue weighted by molar-refractivity contribution is -0.00379. The monoisotopic (exact) mass is 169 g/mol. The lowest BCUT2D eigenvalue weighted by Gasteiger charge is -2.09. The van der Waals surface area contributed by atoms with E-state index in [9.17, 15) is 8.78 Å². The summed E-state index contributed by atoms with van der Waals surface area (Å²) in [4.78, 5) is 0. The number of hydrogen-bond acceptors (Lipinski definition) is 3. The lowest BCUT2D eigenvalue weighted by atomic mass is 10.4. The molecule has 0 aliphatic carbocycles. The van der Waals surface area contributed by atoms with Crippen LogP contribution in [0.25, 0.3) is 0 Å². The van der Waals surface area contributed by atoms with Crippen LogP contribution in [0.15, 0.2) is 0 Å². The maximum Gasteiger partial charge on any atom is 0.265 e. The molecule has 0 saturated heterocycles. The molecule has 0 aromatic rings. The zero-order chi connectivity index (χ0) is 8.69. The molecule has 2 N–H and O–H groups in total. The van der Waals surface area contributed by atoms with Gasteiger partial charge in [-0.1, -0.05) is 0 Å². The molecule has 0 aromatic carbocycles. The second-order valence-electron chi connectivity index (χ2n) is 2.10. The molecule has 1 atom stereocenters. The van der Waals surface area contributed by atoms with Crippen molar-refractivity contribution in [1.82, 2.24) is 5.32 Å². The van der Waals surface area contributed by atoms with Crippen LogP contribution in [-0.4, -0.2) is 44.4 Å². The van der Waals surface area contributed by atoms with E-state index in [1.165, 1.54) is 7.11 Å². The molecule has 11 heavy (non-hydrogen) atoms. The summed E-state index contributed by atoms with van der Waals surface area (Å²) in [7, 11) is 1.52. The Bertz CT molecular complexity index is 92.7. The van der Waals surface area contributed by atoms with Crippen molar-refractivity contribution in [2.75, 3.05) is 26.8 Å². The third-order valence-corrected chi connectivity index (χ3v) is 1.13. The lowest BCUT2D eigenvalue weighted by Crippen LogP contribution is -2.33. The topological polar surface area (TPSA) is 41.5 Å². The van der Waals surface area contributed by atoms with Crippen LogP contribution in [0.4, 0.5) is 8.78 Å². The molecule has 0 fully saturated rings. The maximum atomic E-state index is 11.6. The molecule has 0 saturated carbocycles. The number of rotatable bonds is 6. The van der Waals surface area contributed by atoms with Crippen LogP contribution in [0.1, 0.15) is 0 Å². The van der Waals surface area contributed by atoms with Crippen molar-refractivity contribution in [1.29, 1.82) is 0 Å². The average Bonchev–Trinajstić information content (AvgIpc) is 1.97. The second kappa shape index (κ2) is 6.45. The highest BCUT2D eigenvalue weighted by Gasteiger charge is 2.15. The van der Waals surface area contributed by atoms with Crippen LogP contribution >= 0.6 is 0 Å². The Hall–Kier alpha value is -0.260. The zero-order valence-electron chi connectivity index (χ0n) is 6.39. The van der Waals surface area contributed by atoms with Crippen molar-refractivity contribution < 1.29 is 18.6 Å². The van der Waals surface area contributed by atoms with Crippen molar-refractivity contribution in [3.05, 3.63) is 0 Å². The summed E-state index contributed by atoms with van der Waals surface area (Å²) in [6.45, 7) is 0.831. The molecule has 0 amide bonds. The first-order valence-electron chi connectivity index (χ1n) is 3.34. The standard InChI is InChI=1S/C6H13F2NO2/c1-11-3-2-9-4-5(10)6(7)8/h5-6,9-10H,2-4H2,1H3. The SMILES string of the molecule is COCCNCC(O)C(F)F. The predicted octanol–water partition coefficient (Wildman–Crippen LogP) is -0.152. The zero-order valence-corrected chi connectivity index (χ0v) is 6.39. The predicted molar refractivity (Wildman–Crippen MR) is 36.8 cm³/mol. The van der Waals surface area contributed by atoms with E-state index >= 15 is 0 Å². The third-order valence-electron chi connectivity index (χ3n) is 1.13. The number of halogens is 2. The summed E-state index contributed by atoms with van der Waals surface area (Å²) in [5, 5.41) is 11.2. The van der Waals surface area contributed by atoms with E-state index in [0.717, 1.165) is 0 Å². The molecular weight excluding hydrogens is 156 g/mol. The number of alkyl halides is 2. The highest BCUT2D eigenvalue weighted by atomic mass is 19.3. The van der Waals surface area contributed by atoms with Crippen molar-refractivity contribution in [2.45, 2.75) is 12.5 Å². The number of ether oxygens (including phenoxy) is 1. The van der Waals surface area contributed by atoms with Gasteiger partial charge in [0.1, 0.15) is 6.10 Å². The van der Waals surface area contributed by atoms with E-state index in [0.29, 0.717) is 13.2 Å². The minimum Gasteiger partial charge on any atom is -0.386 e. The van der Waals surface area contributed by atoms with Crippen molar-refractivity contribution in [2.24, 2.45) is 0 Å². The molecule has 0 heterocycles. The van der Waals surface area contributed by atoms with Crippen LogP contribution < -0.4 is 5.32 Å². The molecular formula is C6H13F2NO2. The largest absolute Gasteiger partial charge is 0.386 e. The Kier molecular flexibility index (Phi) is 6.30. The Morgan fingerprint density at radius 3 is 2.64 bits per heavy atom. The molecule has 0 spiro atoms. The summed E-state index contributed by atoms with van der Waals surface area (Å²) in [6, 6.07) is 0. The first kappa shape index (κ1) is 10.7. The summed E-state index contributed by atoms with van der Waals surface area (Å²) in [5.74, 6) is 0. The summed E-state index contributed by atoms with van der Waals surface area (Å²) in [6.07, 6.45) is -4.25. The van der Waals surface area contributed by atoms with Gasteiger partial charge in [-0.05, 0) is 0 Å². The quantitative estimate of drug-likeness (QED) is 0.543. The molecule has 5 heteroatoms. The Morgan fingerprint density at radius 1 is 1.55 bits per heavy atom. The van der Waals surface area contributed by atoms with Gasteiger partial charge in [0.2, 0.25) is 0 Å². The molecule has 68 valence electrons. The Balaban J connectivity index is 3.10. The fourth-order valence-electron chi connectivity index (χ4n) is 0.513. The van der Waals surface area contributed by atoms with Gasteiger partial charge in [-0.3, -0.25) is 0 Å². The molecule has 0 rings (SSSR count). The number of aliphatic hydroxyl groups excluding tert-OH is 1. The second-order valence-corrected chi connectivity index (χ2v) is 2.10. The molecule has 3 nitrogen and oxygen atoms in total. The van der Waals surface area contributed by atoms with E-state index < -0.39 is 12.5 Å².